The van der Waals surface area contributed by atoms with E-state index in [0.29, 0.717) is 21.5 Å². The lowest BCUT2D eigenvalue weighted by Crippen LogP contribution is -2.03. The lowest BCUT2D eigenvalue weighted by molar-refractivity contribution is 0.415. The molecule has 0 radical (unpaired) electrons. The Morgan fingerprint density at radius 1 is 1.08 bits per heavy atom. The number of halogens is 1. The van der Waals surface area contributed by atoms with Crippen molar-refractivity contribution < 1.29 is 9.15 Å². The normalized spacial score (nSPS) is 11.9. The highest BCUT2D eigenvalue weighted by molar-refractivity contribution is 7.14. The summed E-state index contributed by atoms with van der Waals surface area (Å²) in [5.41, 5.74) is 1.62. The molecule has 0 fully saturated rings. The van der Waals surface area contributed by atoms with Crippen LogP contribution in [0.1, 0.15) is 5.01 Å². The molecule has 4 aromatic rings. The molecule has 0 aliphatic rings. The number of aryl methyl sites for hydroxylation is 1. The molecule has 2 aromatic heterocycles. The smallest absolute Gasteiger partial charge is 0.232 e. The van der Waals surface area contributed by atoms with Crippen molar-refractivity contribution in [2.45, 2.75) is 6.92 Å². The van der Waals surface area contributed by atoms with Gasteiger partial charge in [-0.05, 0) is 49.4 Å². The van der Waals surface area contributed by atoms with Crippen LogP contribution in [0.5, 0.6) is 5.75 Å². The molecule has 0 atom stereocenters. The van der Waals surface area contributed by atoms with Crippen LogP contribution < -0.4 is 10.1 Å². The molecule has 7 heteroatoms. The van der Waals surface area contributed by atoms with Gasteiger partial charge < -0.3 is 9.15 Å². The second kappa shape index (κ2) is 6.90. The van der Waals surface area contributed by atoms with Gasteiger partial charge in [0.1, 0.15) is 22.1 Å². The Morgan fingerprint density at radius 2 is 1.88 bits per heavy atom. The number of methoxy groups -OCH3 is 1. The van der Waals surface area contributed by atoms with Crippen LogP contribution in [0.3, 0.4) is 0 Å². The van der Waals surface area contributed by atoms with Gasteiger partial charge in [-0.1, -0.05) is 22.9 Å². The van der Waals surface area contributed by atoms with E-state index in [-0.39, 0.29) is 0 Å². The summed E-state index contributed by atoms with van der Waals surface area (Å²) in [6.07, 6.45) is 0. The van der Waals surface area contributed by atoms with Crippen LogP contribution in [0.2, 0.25) is 5.02 Å². The number of hydrogen-bond acceptors (Lipinski definition) is 6. The van der Waals surface area contributed by atoms with Gasteiger partial charge in [0, 0.05) is 22.0 Å². The molecular formula is C19H14ClN3O2S. The van der Waals surface area contributed by atoms with Gasteiger partial charge in [0.15, 0.2) is 0 Å². The molecule has 0 aliphatic heterocycles. The van der Waals surface area contributed by atoms with E-state index in [1.165, 1.54) is 11.3 Å². The van der Waals surface area contributed by atoms with E-state index >= 15 is 0 Å². The predicted molar refractivity (Wildman–Crippen MR) is 103 cm³/mol. The lowest BCUT2D eigenvalue weighted by Gasteiger charge is -2.06. The van der Waals surface area contributed by atoms with E-state index in [1.807, 2.05) is 49.4 Å². The van der Waals surface area contributed by atoms with Crippen LogP contribution in [0, 0.1) is 6.92 Å². The molecule has 2 aromatic carbocycles. The van der Waals surface area contributed by atoms with Crippen molar-refractivity contribution >= 4 is 39.0 Å². The second-order valence-electron chi connectivity index (χ2n) is 5.58. The molecule has 2 heterocycles. The minimum absolute atomic E-state index is 0.593. The minimum atomic E-state index is 0.593. The summed E-state index contributed by atoms with van der Waals surface area (Å²) in [6.45, 7) is 1.90. The van der Waals surface area contributed by atoms with E-state index in [4.69, 9.17) is 20.8 Å². The molecule has 0 bridgehead atoms. The Bertz CT molecular complexity index is 1150. The molecule has 0 amide bonds. The highest BCUT2D eigenvalue weighted by Gasteiger charge is 2.08. The molecule has 0 aliphatic carbocycles. The number of ether oxygens (including phenoxy) is 1. The van der Waals surface area contributed by atoms with Crippen molar-refractivity contribution in [2.75, 3.05) is 7.11 Å². The van der Waals surface area contributed by atoms with Crippen LogP contribution in [0.25, 0.3) is 22.3 Å². The molecule has 0 saturated carbocycles. The number of hydrogen-bond donors (Lipinski definition) is 0. The van der Waals surface area contributed by atoms with Crippen molar-refractivity contribution in [1.29, 1.82) is 0 Å². The molecule has 0 unspecified atom stereocenters. The van der Waals surface area contributed by atoms with Crippen LogP contribution in [-0.2, 0) is 0 Å². The second-order valence-corrected chi connectivity index (χ2v) is 7.18. The first-order valence-corrected chi connectivity index (χ1v) is 9.04. The predicted octanol–water partition coefficient (Wildman–Crippen LogP) is 5.15. The Kier molecular flexibility index (Phi) is 4.44. The standard InChI is InChI=1S/C19H14ClN3O2S/c1-11-22-23-19(26-11)21-16-10-18(12-3-6-14(24-2)7-4-12)25-17-8-5-13(20)9-15(16)17/h3-10H,1-2H3. The average molecular weight is 384 g/mol. The van der Waals surface area contributed by atoms with Gasteiger partial charge in [0.2, 0.25) is 5.13 Å². The zero-order valence-electron chi connectivity index (χ0n) is 14.1. The number of rotatable bonds is 3. The lowest BCUT2D eigenvalue weighted by atomic mass is 10.1. The van der Waals surface area contributed by atoms with Crippen LogP contribution in [0.4, 0.5) is 5.13 Å². The molecule has 0 N–H and O–H groups in total. The monoisotopic (exact) mass is 383 g/mol. The molecule has 0 spiro atoms. The maximum Gasteiger partial charge on any atom is 0.232 e. The summed E-state index contributed by atoms with van der Waals surface area (Å²) >= 11 is 7.60. The fourth-order valence-corrected chi connectivity index (χ4v) is 3.31. The highest BCUT2D eigenvalue weighted by Crippen LogP contribution is 2.26. The third-order valence-corrected chi connectivity index (χ3v) is 4.78. The summed E-state index contributed by atoms with van der Waals surface area (Å²) in [5.74, 6) is 1.48. The molecular weight excluding hydrogens is 370 g/mol. The maximum absolute atomic E-state index is 6.17. The third kappa shape index (κ3) is 3.34. The van der Waals surface area contributed by atoms with Gasteiger partial charge in [-0.2, -0.15) is 0 Å². The molecule has 26 heavy (non-hydrogen) atoms. The van der Waals surface area contributed by atoms with Crippen LogP contribution >= 0.6 is 22.9 Å². The Hall–Kier alpha value is -2.70. The molecule has 4 rings (SSSR count). The van der Waals surface area contributed by atoms with Gasteiger partial charge in [0.05, 0.1) is 12.5 Å². The van der Waals surface area contributed by atoms with Gasteiger partial charge in [-0.15, -0.1) is 10.2 Å². The summed E-state index contributed by atoms with van der Waals surface area (Å²) in [7, 11) is 1.64. The number of fused-ring (bicyclic) bond motifs is 1. The molecule has 0 saturated heterocycles. The number of benzene rings is 2. The first-order chi connectivity index (χ1) is 12.6. The number of aromatic nitrogens is 2. The first-order valence-electron chi connectivity index (χ1n) is 7.85. The Labute approximate surface area is 158 Å². The van der Waals surface area contributed by atoms with E-state index in [1.54, 1.807) is 13.2 Å². The first kappa shape index (κ1) is 16.8. The Morgan fingerprint density at radius 3 is 2.58 bits per heavy atom. The summed E-state index contributed by atoms with van der Waals surface area (Å²) in [5, 5.41) is 11.7. The quantitative estimate of drug-likeness (QED) is 0.490. The van der Waals surface area contributed by atoms with E-state index in [0.717, 1.165) is 27.1 Å². The third-order valence-electron chi connectivity index (χ3n) is 3.81. The Balaban J connectivity index is 1.95. The van der Waals surface area contributed by atoms with Gasteiger partial charge in [0.25, 0.3) is 0 Å². The van der Waals surface area contributed by atoms with Crippen molar-refractivity contribution in [1.82, 2.24) is 10.2 Å². The van der Waals surface area contributed by atoms with E-state index in [2.05, 4.69) is 15.2 Å². The maximum atomic E-state index is 6.17. The number of nitrogens with zero attached hydrogens (tertiary/aromatic N) is 3. The summed E-state index contributed by atoms with van der Waals surface area (Å²) < 4.78 is 11.3. The highest BCUT2D eigenvalue weighted by atomic mass is 35.5. The van der Waals surface area contributed by atoms with Crippen molar-refractivity contribution in [3.05, 3.63) is 63.9 Å². The van der Waals surface area contributed by atoms with E-state index in [9.17, 15) is 0 Å². The van der Waals surface area contributed by atoms with Crippen molar-refractivity contribution in [3.8, 4) is 17.1 Å². The van der Waals surface area contributed by atoms with Crippen molar-refractivity contribution in [2.24, 2.45) is 4.99 Å². The zero-order chi connectivity index (χ0) is 18.1. The van der Waals surface area contributed by atoms with E-state index < -0.39 is 0 Å². The molecule has 5 nitrogen and oxygen atoms in total. The van der Waals surface area contributed by atoms with Gasteiger partial charge >= 0.3 is 0 Å². The van der Waals surface area contributed by atoms with Gasteiger partial charge in [-0.25, -0.2) is 4.99 Å². The molecule has 130 valence electrons. The topological polar surface area (TPSA) is 60.5 Å². The van der Waals surface area contributed by atoms with Crippen LogP contribution in [-0.4, -0.2) is 17.3 Å². The summed E-state index contributed by atoms with van der Waals surface area (Å²) in [6, 6.07) is 15.0. The zero-order valence-corrected chi connectivity index (χ0v) is 15.6. The van der Waals surface area contributed by atoms with Gasteiger partial charge in [-0.3, -0.25) is 0 Å². The van der Waals surface area contributed by atoms with Crippen molar-refractivity contribution in [3.63, 3.8) is 0 Å². The SMILES string of the molecule is COc1ccc(-c2cc(=Nc3nnc(C)s3)c3cc(Cl)ccc3o2)cc1. The van der Waals surface area contributed by atoms with Crippen LogP contribution in [0.15, 0.2) is 57.9 Å². The average Bonchev–Trinajstić information content (AvgIpc) is 3.07. The largest absolute Gasteiger partial charge is 0.497 e. The fourth-order valence-electron chi connectivity index (χ4n) is 2.57. The summed E-state index contributed by atoms with van der Waals surface area (Å²) in [4.78, 5) is 4.65. The fraction of sp³-hybridized carbons (Fsp3) is 0.105. The minimum Gasteiger partial charge on any atom is -0.497 e.